The molecule has 304 valence electrons. The van der Waals surface area contributed by atoms with E-state index in [1.807, 2.05) is 0 Å². The summed E-state index contributed by atoms with van der Waals surface area (Å²) in [5.74, 6) is 1.86. The van der Waals surface area contributed by atoms with Crippen LogP contribution < -0.4 is 9.47 Å². The van der Waals surface area contributed by atoms with E-state index in [9.17, 15) is 0 Å². The highest BCUT2D eigenvalue weighted by molar-refractivity contribution is 5.99. The quantitative estimate of drug-likeness (QED) is 0.0913. The van der Waals surface area contributed by atoms with E-state index in [0.717, 1.165) is 44.0 Å². The average molecular weight is 783 g/mol. The Morgan fingerprint density at radius 3 is 1.25 bits per heavy atom. The molecule has 1 saturated heterocycles. The third-order valence-corrected chi connectivity index (χ3v) is 10.9. The van der Waals surface area contributed by atoms with E-state index in [-0.39, 0.29) is 0 Å². The number of benzene rings is 6. The molecule has 6 aromatic rings. The molecule has 0 bridgehead atoms. The molecule has 0 amide bonds. The van der Waals surface area contributed by atoms with E-state index >= 15 is 0 Å². The normalized spacial score (nSPS) is 13.6. The zero-order chi connectivity index (χ0) is 41.2. The van der Waals surface area contributed by atoms with Crippen LogP contribution in [0.25, 0.3) is 22.3 Å². The molecule has 4 nitrogen and oxygen atoms in total. The molecule has 1 aliphatic rings. The van der Waals surface area contributed by atoms with Gasteiger partial charge in [-0.25, -0.2) is 0 Å². The van der Waals surface area contributed by atoms with Gasteiger partial charge < -0.3 is 14.4 Å². The maximum Gasteiger partial charge on any atom is 0.119 e. The zero-order valence-electron chi connectivity index (χ0n) is 35.9. The molecular formula is C55H62N2O2. The molecule has 59 heavy (non-hydrogen) atoms. The monoisotopic (exact) mass is 782 g/mol. The van der Waals surface area contributed by atoms with E-state index in [4.69, 9.17) is 9.47 Å². The number of likely N-dealkylation sites (N-methyl/N-ethyl adjacent to an activating group) is 1. The molecule has 0 aliphatic carbocycles. The van der Waals surface area contributed by atoms with Crippen LogP contribution in [0, 0.1) is 6.92 Å². The summed E-state index contributed by atoms with van der Waals surface area (Å²) in [6, 6.07) is 58.1. The van der Waals surface area contributed by atoms with Gasteiger partial charge in [-0.1, -0.05) is 159 Å². The molecule has 0 aromatic heterocycles. The molecule has 6 aromatic carbocycles. The van der Waals surface area contributed by atoms with Gasteiger partial charge >= 0.3 is 0 Å². The van der Waals surface area contributed by atoms with Gasteiger partial charge in [0.1, 0.15) is 24.7 Å². The van der Waals surface area contributed by atoms with E-state index in [1.54, 1.807) is 0 Å². The van der Waals surface area contributed by atoms with Crippen LogP contribution in [-0.4, -0.2) is 63.3 Å². The lowest BCUT2D eigenvalue weighted by Gasteiger charge is -2.18. The van der Waals surface area contributed by atoms with E-state index in [1.165, 1.54) is 87.2 Å². The summed E-state index contributed by atoms with van der Waals surface area (Å²) in [6.45, 7) is 12.4. The van der Waals surface area contributed by atoms with Gasteiger partial charge in [0.15, 0.2) is 0 Å². The van der Waals surface area contributed by atoms with Crippen molar-refractivity contribution in [2.45, 2.75) is 46.5 Å². The van der Waals surface area contributed by atoms with Crippen molar-refractivity contribution < 1.29 is 9.47 Å². The highest BCUT2D eigenvalue weighted by atomic mass is 16.5. The van der Waals surface area contributed by atoms with Crippen LogP contribution >= 0.6 is 0 Å². The van der Waals surface area contributed by atoms with E-state index in [2.05, 4.69) is 208 Å². The summed E-state index contributed by atoms with van der Waals surface area (Å²) < 4.78 is 11.9. The zero-order valence-corrected chi connectivity index (χ0v) is 35.9. The predicted octanol–water partition coefficient (Wildman–Crippen LogP) is 12.8. The molecule has 1 heterocycles. The summed E-state index contributed by atoms with van der Waals surface area (Å²) in [6.07, 6.45) is 4.59. The fraction of sp³-hybridized carbons (Fsp3) is 0.273. The van der Waals surface area contributed by atoms with Gasteiger partial charge in [-0.2, -0.15) is 0 Å². The molecule has 0 atom stereocenters. The van der Waals surface area contributed by atoms with Gasteiger partial charge in [-0.05, 0) is 140 Å². The molecule has 0 saturated carbocycles. The van der Waals surface area contributed by atoms with Crippen LogP contribution in [0.2, 0.25) is 0 Å². The lowest BCUT2D eigenvalue weighted by atomic mass is 9.88. The number of aryl methyl sites for hydroxylation is 1. The topological polar surface area (TPSA) is 24.9 Å². The SMILES string of the molecule is CC/C(=C(\c1ccc(C)cc1)c1ccc(OCCN2CCCC2)cc1)c1ccccc1.CC/C(=C(\c1ccccc1)c1ccc(OCCN(C)C)cc1)c1ccccc1. The third-order valence-electron chi connectivity index (χ3n) is 10.9. The van der Waals surface area contributed by atoms with Gasteiger partial charge in [0.2, 0.25) is 0 Å². The maximum absolute atomic E-state index is 6.04. The minimum absolute atomic E-state index is 0.692. The van der Waals surface area contributed by atoms with Crippen LogP contribution in [0.15, 0.2) is 164 Å². The Bertz CT molecular complexity index is 2180. The Balaban J connectivity index is 0.000000199. The molecule has 1 fully saturated rings. The molecule has 4 heteroatoms. The van der Waals surface area contributed by atoms with Gasteiger partial charge in [-0.15, -0.1) is 0 Å². The van der Waals surface area contributed by atoms with Gasteiger partial charge in [0.25, 0.3) is 0 Å². The Labute approximate surface area is 354 Å². The maximum atomic E-state index is 6.04. The third kappa shape index (κ3) is 12.4. The second-order valence-corrected chi connectivity index (χ2v) is 15.5. The molecular weight excluding hydrogens is 721 g/mol. The number of hydrogen-bond acceptors (Lipinski definition) is 4. The summed E-state index contributed by atoms with van der Waals surface area (Å²) >= 11 is 0. The number of ether oxygens (including phenoxy) is 2. The van der Waals surface area contributed by atoms with Gasteiger partial charge in [-0.3, -0.25) is 4.90 Å². The largest absolute Gasteiger partial charge is 0.492 e. The lowest BCUT2D eigenvalue weighted by molar-refractivity contribution is 0.238. The molecule has 0 unspecified atom stereocenters. The molecule has 0 spiro atoms. The second kappa shape index (κ2) is 22.5. The van der Waals surface area contributed by atoms with Gasteiger partial charge in [0.05, 0.1) is 0 Å². The van der Waals surface area contributed by atoms with Crippen molar-refractivity contribution >= 4 is 22.3 Å². The minimum Gasteiger partial charge on any atom is -0.492 e. The summed E-state index contributed by atoms with van der Waals surface area (Å²) in [5.41, 5.74) is 14.1. The van der Waals surface area contributed by atoms with Crippen LogP contribution in [-0.2, 0) is 0 Å². The lowest BCUT2D eigenvalue weighted by Crippen LogP contribution is -2.25. The molecule has 7 rings (SSSR count). The summed E-state index contributed by atoms with van der Waals surface area (Å²) in [4.78, 5) is 4.61. The Kier molecular flexibility index (Phi) is 16.3. The van der Waals surface area contributed by atoms with Crippen LogP contribution in [0.1, 0.15) is 78.5 Å². The van der Waals surface area contributed by atoms with Crippen molar-refractivity contribution in [3.05, 3.63) is 203 Å². The predicted molar refractivity (Wildman–Crippen MR) is 251 cm³/mol. The standard InChI is InChI=1S/C29H33NO.C26H29NO/c1-3-28(24-9-5-4-6-10-24)29(25-13-11-23(2)12-14-25)26-15-17-27(18-16-26)31-22-21-30-19-7-8-20-30;1-4-25(21-11-7-5-8-12-21)26(22-13-9-6-10-14-22)23-15-17-24(18-16-23)28-20-19-27(2)3/h4-6,9-18H,3,7-8,19-22H2,1-2H3;5-18H,4,19-20H2,1-3H3/b29-28-;26-25-. The number of allylic oxidation sites excluding steroid dienone is 2. The van der Waals surface area contributed by atoms with Crippen molar-refractivity contribution in [1.82, 2.24) is 9.80 Å². The fourth-order valence-electron chi connectivity index (χ4n) is 7.77. The number of rotatable bonds is 16. The minimum atomic E-state index is 0.692. The summed E-state index contributed by atoms with van der Waals surface area (Å²) in [5, 5.41) is 0. The van der Waals surface area contributed by atoms with Crippen molar-refractivity contribution in [1.29, 1.82) is 0 Å². The van der Waals surface area contributed by atoms with Crippen molar-refractivity contribution in [2.24, 2.45) is 0 Å². The first kappa shape index (κ1) is 42.9. The van der Waals surface area contributed by atoms with Crippen LogP contribution in [0.5, 0.6) is 11.5 Å². The summed E-state index contributed by atoms with van der Waals surface area (Å²) in [7, 11) is 4.11. The smallest absolute Gasteiger partial charge is 0.119 e. The van der Waals surface area contributed by atoms with Crippen LogP contribution in [0.4, 0.5) is 0 Å². The Hall–Kier alpha value is -5.68. The molecule has 0 radical (unpaired) electrons. The fourth-order valence-corrected chi connectivity index (χ4v) is 7.77. The first-order valence-corrected chi connectivity index (χ1v) is 21.5. The number of likely N-dealkylation sites (tertiary alicyclic amines) is 1. The highest BCUT2D eigenvalue weighted by Gasteiger charge is 2.15. The van der Waals surface area contributed by atoms with Gasteiger partial charge in [0, 0.05) is 13.1 Å². The molecule has 0 N–H and O–H groups in total. The highest BCUT2D eigenvalue weighted by Crippen LogP contribution is 2.36. The Morgan fingerprint density at radius 2 is 0.847 bits per heavy atom. The second-order valence-electron chi connectivity index (χ2n) is 15.5. The average Bonchev–Trinajstić information content (AvgIpc) is 3.80. The number of nitrogens with zero attached hydrogens (tertiary/aromatic N) is 2. The first-order chi connectivity index (χ1) is 28.9. The number of hydrogen-bond donors (Lipinski definition) is 0. The Morgan fingerprint density at radius 1 is 0.475 bits per heavy atom. The van der Waals surface area contributed by atoms with E-state index in [0.29, 0.717) is 6.61 Å². The van der Waals surface area contributed by atoms with E-state index < -0.39 is 0 Å². The van der Waals surface area contributed by atoms with Crippen molar-refractivity contribution in [2.75, 3.05) is 53.5 Å². The van der Waals surface area contributed by atoms with Crippen LogP contribution in [0.3, 0.4) is 0 Å². The van der Waals surface area contributed by atoms with Crippen molar-refractivity contribution in [3.63, 3.8) is 0 Å². The molecule has 1 aliphatic heterocycles. The first-order valence-electron chi connectivity index (χ1n) is 21.5. The van der Waals surface area contributed by atoms with Crippen molar-refractivity contribution in [3.8, 4) is 11.5 Å².